The van der Waals surface area contributed by atoms with Gasteiger partial charge in [0, 0.05) is 25.2 Å². The first kappa shape index (κ1) is 13.2. The maximum Gasteiger partial charge on any atom is 0.101 e. The van der Waals surface area contributed by atoms with Crippen LogP contribution in [0.1, 0.15) is 25.3 Å². The molecule has 0 amide bonds. The largest absolute Gasteiger partial charge is 0.377 e. The zero-order valence-corrected chi connectivity index (χ0v) is 11.5. The molecule has 1 unspecified atom stereocenters. The average Bonchev–Trinajstić information content (AvgIpc) is 2.39. The minimum Gasteiger partial charge on any atom is -0.377 e. The summed E-state index contributed by atoms with van der Waals surface area (Å²) in [5.74, 6) is 0. The predicted octanol–water partition coefficient (Wildman–Crippen LogP) is 3.22. The maximum atomic E-state index is 9.18. The zero-order chi connectivity index (χ0) is 13.2. The van der Waals surface area contributed by atoms with Gasteiger partial charge >= 0.3 is 0 Å². The summed E-state index contributed by atoms with van der Waals surface area (Å²) >= 11 is 6.03. The van der Waals surface area contributed by atoms with Crippen LogP contribution in [0.2, 0.25) is 5.02 Å². The number of anilines is 1. The Kier molecular flexibility index (Phi) is 3.79. The molecule has 4 heteroatoms. The summed E-state index contributed by atoms with van der Waals surface area (Å²) in [7, 11) is 1.74. The Morgan fingerprint density at radius 1 is 1.50 bits per heavy atom. The third-order valence-corrected chi connectivity index (χ3v) is 3.81. The van der Waals surface area contributed by atoms with E-state index in [4.69, 9.17) is 16.3 Å². The SMILES string of the molecule is COC1(C)CCCN(c2cc(Cl)ccc2C#N)C1. The summed E-state index contributed by atoms with van der Waals surface area (Å²) in [6, 6.07) is 7.61. The minimum absolute atomic E-state index is 0.146. The first-order valence-electron chi connectivity index (χ1n) is 6.08. The molecule has 1 aliphatic rings. The molecule has 18 heavy (non-hydrogen) atoms. The van der Waals surface area contributed by atoms with Crippen molar-refractivity contribution in [2.24, 2.45) is 0 Å². The molecule has 1 aromatic rings. The molecule has 0 bridgehead atoms. The van der Waals surface area contributed by atoms with Crippen LogP contribution in [0.15, 0.2) is 18.2 Å². The number of hydrogen-bond donors (Lipinski definition) is 0. The van der Waals surface area contributed by atoms with Crippen molar-refractivity contribution in [2.45, 2.75) is 25.4 Å². The van der Waals surface area contributed by atoms with Crippen molar-refractivity contribution in [3.8, 4) is 6.07 Å². The Bertz CT molecular complexity index is 483. The zero-order valence-electron chi connectivity index (χ0n) is 10.7. The number of hydrogen-bond acceptors (Lipinski definition) is 3. The topological polar surface area (TPSA) is 36.3 Å². The average molecular weight is 265 g/mol. The van der Waals surface area contributed by atoms with E-state index < -0.39 is 0 Å². The first-order valence-corrected chi connectivity index (χ1v) is 6.45. The van der Waals surface area contributed by atoms with Gasteiger partial charge in [-0.05, 0) is 38.0 Å². The summed E-state index contributed by atoms with van der Waals surface area (Å²) in [5.41, 5.74) is 1.43. The summed E-state index contributed by atoms with van der Waals surface area (Å²) in [6.07, 6.45) is 2.10. The highest BCUT2D eigenvalue weighted by atomic mass is 35.5. The van der Waals surface area contributed by atoms with E-state index in [2.05, 4.69) is 17.9 Å². The van der Waals surface area contributed by atoms with Crippen LogP contribution in [0.3, 0.4) is 0 Å². The summed E-state index contributed by atoms with van der Waals surface area (Å²) in [4.78, 5) is 2.19. The second kappa shape index (κ2) is 5.17. The molecule has 0 radical (unpaired) electrons. The quantitative estimate of drug-likeness (QED) is 0.823. The molecule has 0 aliphatic carbocycles. The number of ether oxygens (including phenoxy) is 1. The molecule has 1 heterocycles. The molecule has 1 saturated heterocycles. The van der Waals surface area contributed by atoms with Crippen LogP contribution >= 0.6 is 11.6 Å². The van der Waals surface area contributed by atoms with Crippen LogP contribution < -0.4 is 4.90 Å². The van der Waals surface area contributed by atoms with Gasteiger partial charge in [0.15, 0.2) is 0 Å². The van der Waals surface area contributed by atoms with Crippen LogP contribution in [-0.4, -0.2) is 25.8 Å². The Labute approximate surface area is 113 Å². The van der Waals surface area contributed by atoms with E-state index in [0.29, 0.717) is 10.6 Å². The smallest absolute Gasteiger partial charge is 0.101 e. The fourth-order valence-electron chi connectivity index (χ4n) is 2.44. The normalized spacial score (nSPS) is 23.8. The summed E-state index contributed by atoms with van der Waals surface area (Å²) < 4.78 is 5.58. The first-order chi connectivity index (χ1) is 8.58. The maximum absolute atomic E-state index is 9.18. The highest BCUT2D eigenvalue weighted by Gasteiger charge is 2.31. The van der Waals surface area contributed by atoms with Crippen LogP contribution in [0.25, 0.3) is 0 Å². The van der Waals surface area contributed by atoms with E-state index in [9.17, 15) is 5.26 Å². The Morgan fingerprint density at radius 3 is 2.94 bits per heavy atom. The molecule has 1 aliphatic heterocycles. The van der Waals surface area contributed by atoms with Gasteiger partial charge in [-0.2, -0.15) is 5.26 Å². The lowest BCUT2D eigenvalue weighted by Crippen LogP contribution is -2.47. The number of piperidine rings is 1. The van der Waals surface area contributed by atoms with Gasteiger partial charge in [0.1, 0.15) is 6.07 Å². The van der Waals surface area contributed by atoms with E-state index in [1.807, 2.05) is 6.07 Å². The lowest BCUT2D eigenvalue weighted by atomic mass is 9.94. The number of benzene rings is 1. The van der Waals surface area contributed by atoms with Crippen molar-refractivity contribution < 1.29 is 4.74 Å². The van der Waals surface area contributed by atoms with Crippen molar-refractivity contribution >= 4 is 17.3 Å². The number of methoxy groups -OCH3 is 1. The fraction of sp³-hybridized carbons (Fsp3) is 0.500. The molecule has 1 fully saturated rings. The lowest BCUT2D eigenvalue weighted by Gasteiger charge is -2.41. The lowest BCUT2D eigenvalue weighted by molar-refractivity contribution is -0.00466. The van der Waals surface area contributed by atoms with Gasteiger partial charge < -0.3 is 9.64 Å². The summed E-state index contributed by atoms with van der Waals surface area (Å²) in [6.45, 7) is 3.84. The number of nitriles is 1. The van der Waals surface area contributed by atoms with E-state index in [-0.39, 0.29) is 5.60 Å². The fourth-order valence-corrected chi connectivity index (χ4v) is 2.61. The van der Waals surface area contributed by atoms with Gasteiger partial charge in [-0.1, -0.05) is 11.6 Å². The second-order valence-electron chi connectivity index (χ2n) is 4.95. The van der Waals surface area contributed by atoms with Gasteiger partial charge in [-0.3, -0.25) is 0 Å². The molecular formula is C14H17ClN2O. The van der Waals surface area contributed by atoms with Crippen LogP contribution in [0.4, 0.5) is 5.69 Å². The number of nitrogens with zero attached hydrogens (tertiary/aromatic N) is 2. The van der Waals surface area contributed by atoms with Gasteiger partial charge in [-0.25, -0.2) is 0 Å². The van der Waals surface area contributed by atoms with Gasteiger partial charge in [0.25, 0.3) is 0 Å². The van der Waals surface area contributed by atoms with E-state index >= 15 is 0 Å². The van der Waals surface area contributed by atoms with E-state index in [1.54, 1.807) is 19.2 Å². The Morgan fingerprint density at radius 2 is 2.28 bits per heavy atom. The van der Waals surface area contributed by atoms with E-state index in [0.717, 1.165) is 31.6 Å². The molecule has 3 nitrogen and oxygen atoms in total. The highest BCUT2D eigenvalue weighted by Crippen LogP contribution is 2.31. The van der Waals surface area contributed by atoms with Crippen molar-refractivity contribution in [3.63, 3.8) is 0 Å². The van der Waals surface area contributed by atoms with E-state index in [1.165, 1.54) is 0 Å². The molecule has 0 aromatic heterocycles. The Balaban J connectivity index is 2.31. The monoisotopic (exact) mass is 264 g/mol. The van der Waals surface area contributed by atoms with Crippen LogP contribution in [-0.2, 0) is 4.74 Å². The van der Waals surface area contributed by atoms with Crippen molar-refractivity contribution in [1.29, 1.82) is 5.26 Å². The molecule has 0 N–H and O–H groups in total. The Hall–Kier alpha value is -1.24. The molecule has 0 saturated carbocycles. The molecule has 2 rings (SSSR count). The third-order valence-electron chi connectivity index (χ3n) is 3.57. The standard InChI is InChI=1S/C14H17ClN2O/c1-14(18-2)6-3-7-17(10-14)13-8-12(15)5-4-11(13)9-16/h4-5,8H,3,6-7,10H2,1-2H3. The van der Waals surface area contributed by atoms with Crippen molar-refractivity contribution in [1.82, 2.24) is 0 Å². The van der Waals surface area contributed by atoms with Crippen molar-refractivity contribution in [2.75, 3.05) is 25.1 Å². The molecule has 1 aromatic carbocycles. The summed E-state index contributed by atoms with van der Waals surface area (Å²) in [5, 5.41) is 9.84. The number of rotatable bonds is 2. The molecule has 96 valence electrons. The molecular weight excluding hydrogens is 248 g/mol. The van der Waals surface area contributed by atoms with Crippen LogP contribution in [0, 0.1) is 11.3 Å². The highest BCUT2D eigenvalue weighted by molar-refractivity contribution is 6.30. The molecule has 1 atom stereocenters. The predicted molar refractivity (Wildman–Crippen MR) is 73.0 cm³/mol. The van der Waals surface area contributed by atoms with Crippen LogP contribution in [0.5, 0.6) is 0 Å². The number of halogens is 1. The van der Waals surface area contributed by atoms with Gasteiger partial charge in [-0.15, -0.1) is 0 Å². The minimum atomic E-state index is -0.146. The molecule has 0 spiro atoms. The second-order valence-corrected chi connectivity index (χ2v) is 5.39. The van der Waals surface area contributed by atoms with Gasteiger partial charge in [0.2, 0.25) is 0 Å². The van der Waals surface area contributed by atoms with Gasteiger partial charge in [0.05, 0.1) is 16.9 Å². The van der Waals surface area contributed by atoms with Crippen molar-refractivity contribution in [3.05, 3.63) is 28.8 Å². The third kappa shape index (κ3) is 2.60.